The molecule has 0 spiro atoms. The van der Waals surface area contributed by atoms with Crippen molar-refractivity contribution in [3.8, 4) is 0 Å². The Labute approximate surface area is 125 Å². The fourth-order valence-electron chi connectivity index (χ4n) is 2.32. The van der Waals surface area contributed by atoms with E-state index in [1.165, 1.54) is 11.8 Å². The zero-order valence-corrected chi connectivity index (χ0v) is 12.9. The van der Waals surface area contributed by atoms with Crippen molar-refractivity contribution in [1.29, 1.82) is 0 Å². The number of carboxylic acids is 1. The van der Waals surface area contributed by atoms with Crippen LogP contribution in [0, 0.1) is 0 Å². The van der Waals surface area contributed by atoms with Gasteiger partial charge in [-0.2, -0.15) is 0 Å². The van der Waals surface area contributed by atoms with E-state index < -0.39 is 5.97 Å². The fourth-order valence-corrected chi connectivity index (χ4v) is 4.22. The lowest BCUT2D eigenvalue weighted by Crippen LogP contribution is -2.21. The molecule has 1 aliphatic carbocycles. The highest BCUT2D eigenvalue weighted by molar-refractivity contribution is 9.10. The van der Waals surface area contributed by atoms with E-state index in [1.54, 1.807) is 12.1 Å². The standard InChI is InChI=1S/C14H17BrO3S/c15-9-6-7-10(14(17)18)13(8-9)19-12-5-3-1-2-4-11(12)16/h6-8,11-12,16H,1-5H2,(H,17,18). The van der Waals surface area contributed by atoms with Crippen LogP contribution in [0.25, 0.3) is 0 Å². The predicted molar refractivity (Wildman–Crippen MR) is 79.8 cm³/mol. The second-order valence-corrected chi connectivity index (χ2v) is 7.00. The molecular formula is C14H17BrO3S. The van der Waals surface area contributed by atoms with Crippen LogP contribution in [0.2, 0.25) is 0 Å². The lowest BCUT2D eigenvalue weighted by Gasteiger charge is -2.20. The van der Waals surface area contributed by atoms with Crippen molar-refractivity contribution < 1.29 is 15.0 Å². The number of halogens is 1. The number of thioether (sulfide) groups is 1. The molecule has 19 heavy (non-hydrogen) atoms. The molecule has 0 aromatic heterocycles. The Balaban J connectivity index is 2.21. The largest absolute Gasteiger partial charge is 0.478 e. The molecular weight excluding hydrogens is 328 g/mol. The highest BCUT2D eigenvalue weighted by atomic mass is 79.9. The smallest absolute Gasteiger partial charge is 0.336 e. The number of hydrogen-bond donors (Lipinski definition) is 2. The summed E-state index contributed by atoms with van der Waals surface area (Å²) in [6.07, 6.45) is 4.73. The second kappa shape index (κ2) is 6.77. The minimum Gasteiger partial charge on any atom is -0.478 e. The van der Waals surface area contributed by atoms with Gasteiger partial charge in [-0.25, -0.2) is 4.79 Å². The Morgan fingerprint density at radius 1 is 1.26 bits per heavy atom. The van der Waals surface area contributed by atoms with Gasteiger partial charge in [0.1, 0.15) is 0 Å². The number of benzene rings is 1. The third-order valence-corrected chi connectivity index (χ3v) is 5.31. The van der Waals surface area contributed by atoms with Gasteiger partial charge in [0, 0.05) is 14.6 Å². The second-order valence-electron chi connectivity index (χ2n) is 4.81. The maximum absolute atomic E-state index is 11.2. The minimum atomic E-state index is -0.918. The van der Waals surface area contributed by atoms with Crippen LogP contribution in [0.5, 0.6) is 0 Å². The summed E-state index contributed by atoms with van der Waals surface area (Å²) < 4.78 is 0.864. The van der Waals surface area contributed by atoms with Gasteiger partial charge in [0.05, 0.1) is 11.7 Å². The molecule has 0 radical (unpaired) electrons. The zero-order chi connectivity index (χ0) is 13.8. The third-order valence-electron chi connectivity index (χ3n) is 3.37. The van der Waals surface area contributed by atoms with Gasteiger partial charge >= 0.3 is 5.97 Å². The van der Waals surface area contributed by atoms with Crippen molar-refractivity contribution in [1.82, 2.24) is 0 Å². The highest BCUT2D eigenvalue weighted by Crippen LogP contribution is 2.36. The van der Waals surface area contributed by atoms with Gasteiger partial charge in [0.25, 0.3) is 0 Å². The van der Waals surface area contributed by atoms with E-state index in [2.05, 4.69) is 15.9 Å². The van der Waals surface area contributed by atoms with Gasteiger partial charge in [-0.15, -0.1) is 11.8 Å². The topological polar surface area (TPSA) is 57.5 Å². The normalized spacial score (nSPS) is 23.9. The van der Waals surface area contributed by atoms with E-state index in [0.29, 0.717) is 5.56 Å². The molecule has 0 saturated heterocycles. The van der Waals surface area contributed by atoms with Crippen molar-refractivity contribution in [2.45, 2.75) is 48.4 Å². The van der Waals surface area contributed by atoms with Crippen LogP contribution in [-0.2, 0) is 0 Å². The molecule has 2 rings (SSSR count). The molecule has 1 aromatic rings. The summed E-state index contributed by atoms with van der Waals surface area (Å²) in [7, 11) is 0. The SMILES string of the molecule is O=C(O)c1ccc(Br)cc1SC1CCCCCC1O. The van der Waals surface area contributed by atoms with Crippen LogP contribution < -0.4 is 0 Å². The zero-order valence-electron chi connectivity index (χ0n) is 10.5. The Morgan fingerprint density at radius 2 is 2.00 bits per heavy atom. The van der Waals surface area contributed by atoms with Crippen LogP contribution in [-0.4, -0.2) is 27.5 Å². The molecule has 2 unspecified atom stereocenters. The molecule has 104 valence electrons. The molecule has 0 heterocycles. The number of aromatic carboxylic acids is 1. The number of aliphatic hydroxyl groups excluding tert-OH is 1. The molecule has 1 aromatic carbocycles. The summed E-state index contributed by atoms with van der Waals surface area (Å²) in [6, 6.07) is 5.17. The van der Waals surface area contributed by atoms with Crippen molar-refractivity contribution >= 4 is 33.7 Å². The Hall–Kier alpha value is -0.520. The first-order valence-electron chi connectivity index (χ1n) is 6.45. The lowest BCUT2D eigenvalue weighted by atomic mass is 10.1. The van der Waals surface area contributed by atoms with Crippen LogP contribution >= 0.6 is 27.7 Å². The quantitative estimate of drug-likeness (QED) is 0.815. The Kier molecular flexibility index (Phi) is 5.30. The van der Waals surface area contributed by atoms with Gasteiger partial charge < -0.3 is 10.2 Å². The Morgan fingerprint density at radius 3 is 2.74 bits per heavy atom. The van der Waals surface area contributed by atoms with Crippen LogP contribution in [0.1, 0.15) is 42.5 Å². The average molecular weight is 345 g/mol. The van der Waals surface area contributed by atoms with Crippen molar-refractivity contribution in [3.05, 3.63) is 28.2 Å². The van der Waals surface area contributed by atoms with Crippen LogP contribution in [0.4, 0.5) is 0 Å². The van der Waals surface area contributed by atoms with E-state index in [4.69, 9.17) is 0 Å². The molecule has 1 saturated carbocycles. The molecule has 2 atom stereocenters. The molecule has 3 nitrogen and oxygen atoms in total. The number of carboxylic acid groups (broad SMARTS) is 1. The summed E-state index contributed by atoms with van der Waals surface area (Å²) in [5.41, 5.74) is 0.310. The van der Waals surface area contributed by atoms with E-state index in [9.17, 15) is 15.0 Å². The minimum absolute atomic E-state index is 0.0925. The number of rotatable bonds is 3. The first-order valence-corrected chi connectivity index (χ1v) is 8.13. The predicted octanol–water partition coefficient (Wildman–Crippen LogP) is 3.93. The third kappa shape index (κ3) is 3.97. The van der Waals surface area contributed by atoms with E-state index >= 15 is 0 Å². The van der Waals surface area contributed by atoms with Gasteiger partial charge in [-0.3, -0.25) is 0 Å². The molecule has 5 heteroatoms. The molecule has 1 aliphatic rings. The number of hydrogen-bond acceptors (Lipinski definition) is 3. The average Bonchev–Trinajstić information content (AvgIpc) is 2.55. The maximum Gasteiger partial charge on any atom is 0.336 e. The van der Waals surface area contributed by atoms with E-state index in [0.717, 1.165) is 41.5 Å². The van der Waals surface area contributed by atoms with Gasteiger partial charge in [-0.05, 0) is 31.0 Å². The van der Waals surface area contributed by atoms with E-state index in [1.807, 2.05) is 6.07 Å². The number of carbonyl (C=O) groups is 1. The van der Waals surface area contributed by atoms with E-state index in [-0.39, 0.29) is 11.4 Å². The summed E-state index contributed by atoms with van der Waals surface area (Å²) >= 11 is 4.87. The molecule has 1 fully saturated rings. The van der Waals surface area contributed by atoms with Crippen molar-refractivity contribution in [2.75, 3.05) is 0 Å². The first kappa shape index (κ1) is 14.9. The first-order chi connectivity index (χ1) is 9.08. The molecule has 0 amide bonds. The molecule has 2 N–H and O–H groups in total. The van der Waals surface area contributed by atoms with Crippen molar-refractivity contribution in [2.24, 2.45) is 0 Å². The summed E-state index contributed by atoms with van der Waals surface area (Å²) in [5, 5.41) is 19.4. The highest BCUT2D eigenvalue weighted by Gasteiger charge is 2.24. The van der Waals surface area contributed by atoms with Crippen molar-refractivity contribution in [3.63, 3.8) is 0 Å². The monoisotopic (exact) mass is 344 g/mol. The van der Waals surface area contributed by atoms with Crippen LogP contribution in [0.3, 0.4) is 0 Å². The Bertz CT molecular complexity index is 464. The number of aliphatic hydroxyl groups is 1. The van der Waals surface area contributed by atoms with Gasteiger partial charge in [0.15, 0.2) is 0 Å². The summed E-state index contributed by atoms with van der Waals surface area (Å²) in [6.45, 7) is 0. The lowest BCUT2D eigenvalue weighted by molar-refractivity contribution is 0.0693. The fraction of sp³-hybridized carbons (Fsp3) is 0.500. The summed E-state index contributed by atoms with van der Waals surface area (Å²) in [4.78, 5) is 12.0. The van der Waals surface area contributed by atoms with Crippen LogP contribution in [0.15, 0.2) is 27.6 Å². The summed E-state index contributed by atoms with van der Waals surface area (Å²) in [5.74, 6) is -0.918. The van der Waals surface area contributed by atoms with Gasteiger partial charge in [-0.1, -0.05) is 35.2 Å². The molecule has 0 aliphatic heterocycles. The van der Waals surface area contributed by atoms with Gasteiger partial charge in [0.2, 0.25) is 0 Å². The maximum atomic E-state index is 11.2. The molecule has 0 bridgehead atoms.